The van der Waals surface area contributed by atoms with E-state index in [1.165, 1.54) is 42.5 Å². The maximum absolute atomic E-state index is 14.2. The van der Waals surface area contributed by atoms with Crippen molar-refractivity contribution < 1.29 is 22.0 Å². The highest BCUT2D eigenvalue weighted by Gasteiger charge is 2.28. The molecule has 0 aliphatic rings. The lowest BCUT2D eigenvalue weighted by Crippen LogP contribution is -2.41. The van der Waals surface area contributed by atoms with Crippen LogP contribution in [0, 0.1) is 18.6 Å². The molecule has 5 nitrogen and oxygen atoms in total. The van der Waals surface area contributed by atoms with Gasteiger partial charge in [0.15, 0.2) is 0 Å². The Morgan fingerprint density at radius 1 is 0.969 bits per heavy atom. The van der Waals surface area contributed by atoms with Gasteiger partial charge in [0.1, 0.15) is 11.6 Å². The minimum absolute atomic E-state index is 0.0128. The van der Waals surface area contributed by atoms with Crippen molar-refractivity contribution >= 4 is 15.9 Å². The Bertz CT molecular complexity index is 1180. The lowest BCUT2D eigenvalue weighted by atomic mass is 10.1. The zero-order chi connectivity index (χ0) is 23.3. The summed E-state index contributed by atoms with van der Waals surface area (Å²) in [6, 6.07) is 17.2. The quantitative estimate of drug-likeness (QED) is 0.546. The van der Waals surface area contributed by atoms with Crippen LogP contribution in [0.1, 0.15) is 29.7 Å². The number of nitrogens with zero attached hydrogens (tertiary/aromatic N) is 1. The van der Waals surface area contributed by atoms with E-state index < -0.39 is 40.2 Å². The van der Waals surface area contributed by atoms with Crippen LogP contribution in [0.4, 0.5) is 8.78 Å². The van der Waals surface area contributed by atoms with Crippen LogP contribution in [0.3, 0.4) is 0 Å². The van der Waals surface area contributed by atoms with Gasteiger partial charge in [-0.3, -0.25) is 4.79 Å². The van der Waals surface area contributed by atoms with Crippen LogP contribution < -0.4 is 5.32 Å². The van der Waals surface area contributed by atoms with Gasteiger partial charge in [0.2, 0.25) is 15.9 Å². The second kappa shape index (κ2) is 10.0. The van der Waals surface area contributed by atoms with Gasteiger partial charge in [-0.1, -0.05) is 48.0 Å². The number of rotatable bonds is 8. The van der Waals surface area contributed by atoms with Crippen LogP contribution in [-0.2, 0) is 21.4 Å². The molecule has 3 aromatic carbocycles. The van der Waals surface area contributed by atoms with Crippen LogP contribution in [0.15, 0.2) is 77.7 Å². The van der Waals surface area contributed by atoms with Crippen molar-refractivity contribution in [2.24, 2.45) is 0 Å². The molecule has 3 aromatic rings. The number of carbonyl (C=O) groups is 1. The molecule has 0 radical (unpaired) electrons. The van der Waals surface area contributed by atoms with E-state index in [4.69, 9.17) is 0 Å². The zero-order valence-corrected chi connectivity index (χ0v) is 18.6. The van der Waals surface area contributed by atoms with Gasteiger partial charge in [0.25, 0.3) is 0 Å². The van der Waals surface area contributed by atoms with Gasteiger partial charge in [-0.15, -0.1) is 0 Å². The number of aryl methyl sites for hydroxylation is 1. The molecule has 8 heteroatoms. The van der Waals surface area contributed by atoms with E-state index in [0.29, 0.717) is 5.56 Å². The molecule has 0 heterocycles. The van der Waals surface area contributed by atoms with Crippen molar-refractivity contribution in [2.75, 3.05) is 6.54 Å². The molecule has 1 unspecified atom stereocenters. The molecule has 1 amide bonds. The summed E-state index contributed by atoms with van der Waals surface area (Å²) in [5.74, 6) is -1.52. The molecule has 32 heavy (non-hydrogen) atoms. The molecule has 1 atom stereocenters. The third kappa shape index (κ3) is 5.77. The molecular weight excluding hydrogens is 434 g/mol. The zero-order valence-electron chi connectivity index (χ0n) is 17.8. The van der Waals surface area contributed by atoms with Crippen molar-refractivity contribution in [2.45, 2.75) is 31.3 Å². The van der Waals surface area contributed by atoms with Gasteiger partial charge >= 0.3 is 0 Å². The maximum atomic E-state index is 14.2. The largest absolute Gasteiger partial charge is 0.348 e. The van der Waals surface area contributed by atoms with E-state index in [0.717, 1.165) is 9.87 Å². The number of benzene rings is 3. The van der Waals surface area contributed by atoms with Gasteiger partial charge in [-0.25, -0.2) is 17.2 Å². The first-order chi connectivity index (χ1) is 15.2. The number of hydrogen-bond donors (Lipinski definition) is 1. The van der Waals surface area contributed by atoms with Crippen molar-refractivity contribution in [1.82, 2.24) is 9.62 Å². The Labute approximate surface area is 186 Å². The fourth-order valence-electron chi connectivity index (χ4n) is 3.18. The standard InChI is InChI=1S/C24H24F2N2O3S/c1-17-7-13-22(14-8-17)32(30,31)28(15-20-5-3-4-6-23(20)26)16-24(29)27-18(2)19-9-11-21(25)12-10-19/h3-14,18H,15-16H2,1-2H3,(H,27,29). The second-order valence-corrected chi connectivity index (χ2v) is 9.46. The molecule has 0 fully saturated rings. The molecule has 0 spiro atoms. The third-order valence-corrected chi connectivity index (χ3v) is 6.84. The van der Waals surface area contributed by atoms with E-state index in [-0.39, 0.29) is 17.0 Å². The molecule has 168 valence electrons. The van der Waals surface area contributed by atoms with E-state index in [9.17, 15) is 22.0 Å². The number of nitrogens with one attached hydrogen (secondary N) is 1. The molecule has 0 aliphatic heterocycles. The van der Waals surface area contributed by atoms with E-state index in [2.05, 4.69) is 5.32 Å². The van der Waals surface area contributed by atoms with Crippen LogP contribution in [0.5, 0.6) is 0 Å². The normalized spacial score (nSPS) is 12.5. The summed E-state index contributed by atoms with van der Waals surface area (Å²) in [6.45, 7) is 2.73. The Morgan fingerprint density at radius 2 is 1.59 bits per heavy atom. The summed E-state index contributed by atoms with van der Waals surface area (Å²) in [5.41, 5.74) is 1.71. The molecule has 1 N–H and O–H groups in total. The first kappa shape index (κ1) is 23.6. The second-order valence-electron chi connectivity index (χ2n) is 7.52. The van der Waals surface area contributed by atoms with E-state index >= 15 is 0 Å². The van der Waals surface area contributed by atoms with Crippen molar-refractivity contribution in [3.8, 4) is 0 Å². The minimum atomic E-state index is -4.08. The van der Waals surface area contributed by atoms with Gasteiger partial charge in [-0.2, -0.15) is 4.31 Å². The molecular formula is C24H24F2N2O3S. The Kier molecular flexibility index (Phi) is 7.37. The summed E-state index contributed by atoms with van der Waals surface area (Å²) in [7, 11) is -4.08. The minimum Gasteiger partial charge on any atom is -0.348 e. The number of amides is 1. The molecule has 3 rings (SSSR count). The lowest BCUT2D eigenvalue weighted by molar-refractivity contribution is -0.122. The van der Waals surface area contributed by atoms with E-state index in [1.54, 1.807) is 37.3 Å². The highest BCUT2D eigenvalue weighted by Crippen LogP contribution is 2.21. The number of sulfonamides is 1. The van der Waals surface area contributed by atoms with Gasteiger partial charge in [0.05, 0.1) is 17.5 Å². The monoisotopic (exact) mass is 458 g/mol. The first-order valence-electron chi connectivity index (χ1n) is 10.0. The molecule has 0 aromatic heterocycles. The Balaban J connectivity index is 1.84. The average molecular weight is 459 g/mol. The summed E-state index contributed by atoms with van der Waals surface area (Å²) in [4.78, 5) is 12.7. The van der Waals surface area contributed by atoms with Crippen molar-refractivity contribution in [1.29, 1.82) is 0 Å². The first-order valence-corrected chi connectivity index (χ1v) is 11.5. The highest BCUT2D eigenvalue weighted by molar-refractivity contribution is 7.89. The summed E-state index contributed by atoms with van der Waals surface area (Å²) >= 11 is 0. The van der Waals surface area contributed by atoms with Gasteiger partial charge in [-0.05, 0) is 49.7 Å². The molecule has 0 bridgehead atoms. The predicted octanol–water partition coefficient (Wildman–Crippen LogP) is 4.34. The molecule has 0 saturated carbocycles. The highest BCUT2D eigenvalue weighted by atomic mass is 32.2. The molecule has 0 aliphatic carbocycles. The van der Waals surface area contributed by atoms with Crippen LogP contribution in [-0.4, -0.2) is 25.2 Å². The topological polar surface area (TPSA) is 66.5 Å². The summed E-state index contributed by atoms with van der Waals surface area (Å²) in [6.07, 6.45) is 0. The number of carbonyl (C=O) groups excluding carboxylic acids is 1. The summed E-state index contributed by atoms with van der Waals surface area (Å²) < 4.78 is 54.9. The van der Waals surface area contributed by atoms with Crippen molar-refractivity contribution in [3.63, 3.8) is 0 Å². The maximum Gasteiger partial charge on any atom is 0.243 e. The smallest absolute Gasteiger partial charge is 0.243 e. The Hall–Kier alpha value is -3.10. The Morgan fingerprint density at radius 3 is 2.22 bits per heavy atom. The fourth-order valence-corrected chi connectivity index (χ4v) is 4.56. The number of hydrogen-bond acceptors (Lipinski definition) is 3. The number of halogens is 2. The van der Waals surface area contributed by atoms with Gasteiger partial charge in [0, 0.05) is 12.1 Å². The van der Waals surface area contributed by atoms with Crippen molar-refractivity contribution in [3.05, 3.63) is 101 Å². The fraction of sp³-hybridized carbons (Fsp3) is 0.208. The third-order valence-electron chi connectivity index (χ3n) is 5.03. The van der Waals surface area contributed by atoms with Crippen LogP contribution in [0.2, 0.25) is 0 Å². The van der Waals surface area contributed by atoms with Gasteiger partial charge < -0.3 is 5.32 Å². The molecule has 0 saturated heterocycles. The average Bonchev–Trinajstić information content (AvgIpc) is 2.75. The van der Waals surface area contributed by atoms with Crippen LogP contribution >= 0.6 is 0 Å². The van der Waals surface area contributed by atoms with E-state index in [1.807, 2.05) is 6.92 Å². The lowest BCUT2D eigenvalue weighted by Gasteiger charge is -2.23. The SMILES string of the molecule is Cc1ccc(S(=O)(=O)N(CC(=O)NC(C)c2ccc(F)cc2)Cc2ccccc2F)cc1. The predicted molar refractivity (Wildman–Crippen MR) is 118 cm³/mol. The van der Waals surface area contributed by atoms with Crippen LogP contribution in [0.25, 0.3) is 0 Å². The summed E-state index contributed by atoms with van der Waals surface area (Å²) in [5, 5.41) is 2.72.